The number of aliphatic hydroxyl groups excluding tert-OH is 1. The maximum atomic E-state index is 12.4. The second-order valence-corrected chi connectivity index (χ2v) is 6.92. The molecule has 118 valence electrons. The van der Waals surface area contributed by atoms with Crippen molar-refractivity contribution in [2.75, 3.05) is 19.7 Å². The number of hydrogen-bond donors (Lipinski definition) is 2. The van der Waals surface area contributed by atoms with Crippen molar-refractivity contribution in [1.82, 2.24) is 15.2 Å². The Labute approximate surface area is 130 Å². The molecular weight excluding hydrogens is 286 g/mol. The van der Waals surface area contributed by atoms with Crippen LogP contribution in [0.3, 0.4) is 0 Å². The molecule has 0 spiro atoms. The molecular formula is C15H25N3O2S. The summed E-state index contributed by atoms with van der Waals surface area (Å²) in [4.78, 5) is 18.5. The molecule has 2 heterocycles. The van der Waals surface area contributed by atoms with Crippen molar-refractivity contribution in [1.29, 1.82) is 0 Å². The van der Waals surface area contributed by atoms with Crippen molar-refractivity contribution in [3.8, 4) is 0 Å². The molecule has 6 heteroatoms. The van der Waals surface area contributed by atoms with E-state index in [-0.39, 0.29) is 18.2 Å². The summed E-state index contributed by atoms with van der Waals surface area (Å²) in [5.74, 6) is 0.459. The summed E-state index contributed by atoms with van der Waals surface area (Å²) in [6.07, 6.45) is 3.45. The maximum absolute atomic E-state index is 12.4. The van der Waals surface area contributed by atoms with Gasteiger partial charge in [0.25, 0.3) is 0 Å². The average molecular weight is 311 g/mol. The highest BCUT2D eigenvalue weighted by molar-refractivity contribution is 7.07. The number of nitrogens with zero attached hydrogens (tertiary/aromatic N) is 2. The van der Waals surface area contributed by atoms with Gasteiger partial charge in [-0.05, 0) is 25.2 Å². The van der Waals surface area contributed by atoms with E-state index in [1.54, 1.807) is 16.8 Å². The van der Waals surface area contributed by atoms with Crippen LogP contribution < -0.4 is 5.32 Å². The number of thiazole rings is 1. The molecule has 2 amide bonds. The van der Waals surface area contributed by atoms with E-state index in [9.17, 15) is 9.90 Å². The molecule has 1 aliphatic heterocycles. The summed E-state index contributed by atoms with van der Waals surface area (Å²) in [7, 11) is 0. The third-order valence-electron chi connectivity index (χ3n) is 4.06. The molecule has 1 unspecified atom stereocenters. The summed E-state index contributed by atoms with van der Waals surface area (Å²) < 4.78 is 0. The number of aliphatic hydroxyl groups is 1. The summed E-state index contributed by atoms with van der Waals surface area (Å²) in [5, 5.41) is 14.8. The number of likely N-dealkylation sites (tertiary alicyclic amines) is 1. The van der Waals surface area contributed by atoms with Crippen molar-refractivity contribution in [2.45, 2.75) is 45.1 Å². The number of nitrogens with one attached hydrogen (secondary N) is 1. The first-order chi connectivity index (χ1) is 10.1. The highest BCUT2D eigenvalue weighted by Gasteiger charge is 2.43. The maximum Gasteiger partial charge on any atom is 0.317 e. The van der Waals surface area contributed by atoms with Crippen LogP contribution in [0, 0.1) is 5.92 Å². The minimum absolute atomic E-state index is 0.0463. The molecule has 1 aliphatic rings. The number of urea groups is 1. The lowest BCUT2D eigenvalue weighted by atomic mass is 9.87. The highest BCUT2D eigenvalue weighted by atomic mass is 32.1. The number of carbonyl (C=O) groups excluding carboxylic acids is 1. The fourth-order valence-corrected chi connectivity index (χ4v) is 3.80. The predicted octanol–water partition coefficient (Wildman–Crippen LogP) is 2.27. The van der Waals surface area contributed by atoms with E-state index in [2.05, 4.69) is 24.1 Å². The molecule has 1 saturated heterocycles. The molecule has 1 aromatic rings. The van der Waals surface area contributed by atoms with Crippen molar-refractivity contribution in [3.05, 3.63) is 16.6 Å². The third-order valence-corrected chi connectivity index (χ3v) is 4.70. The van der Waals surface area contributed by atoms with Crippen LogP contribution >= 0.6 is 11.3 Å². The number of aromatic nitrogens is 1. The smallest absolute Gasteiger partial charge is 0.317 e. The largest absolute Gasteiger partial charge is 0.394 e. The van der Waals surface area contributed by atoms with Crippen LogP contribution in [-0.2, 0) is 6.42 Å². The van der Waals surface area contributed by atoms with Gasteiger partial charge in [-0.2, -0.15) is 0 Å². The first-order valence-electron chi connectivity index (χ1n) is 7.61. The van der Waals surface area contributed by atoms with E-state index in [1.165, 1.54) is 0 Å². The molecule has 1 fully saturated rings. The SMILES string of the molecule is CC(C)CC1(CO)CCCN1C(=O)NCCc1cscn1. The number of carbonyl (C=O) groups is 1. The normalized spacial score (nSPS) is 22.0. The third kappa shape index (κ3) is 3.95. The molecule has 1 aromatic heterocycles. The van der Waals surface area contributed by atoms with Crippen LogP contribution in [0.1, 0.15) is 38.8 Å². The second kappa shape index (κ2) is 7.22. The fraction of sp³-hybridized carbons (Fsp3) is 0.733. The number of amides is 2. The van der Waals surface area contributed by atoms with Crippen LogP contribution in [0.25, 0.3) is 0 Å². The number of hydrogen-bond acceptors (Lipinski definition) is 4. The minimum atomic E-state index is -0.376. The van der Waals surface area contributed by atoms with Gasteiger partial charge in [0.1, 0.15) is 0 Å². The lowest BCUT2D eigenvalue weighted by Crippen LogP contribution is -2.54. The van der Waals surface area contributed by atoms with Crippen molar-refractivity contribution >= 4 is 17.4 Å². The zero-order valence-corrected chi connectivity index (χ0v) is 13.7. The molecule has 0 aromatic carbocycles. The molecule has 21 heavy (non-hydrogen) atoms. The van der Waals surface area contributed by atoms with Crippen LogP contribution in [0.4, 0.5) is 4.79 Å². The lowest BCUT2D eigenvalue weighted by molar-refractivity contribution is 0.0677. The van der Waals surface area contributed by atoms with E-state index in [4.69, 9.17) is 0 Å². The molecule has 2 rings (SSSR count). The number of rotatable bonds is 6. The summed E-state index contributed by atoms with van der Waals surface area (Å²) in [6.45, 7) is 5.63. The lowest BCUT2D eigenvalue weighted by Gasteiger charge is -2.38. The molecule has 0 radical (unpaired) electrons. The van der Waals surface area contributed by atoms with Gasteiger partial charge < -0.3 is 15.3 Å². The Morgan fingerprint density at radius 3 is 3.05 bits per heavy atom. The Hall–Kier alpha value is -1.14. The monoisotopic (exact) mass is 311 g/mol. The van der Waals surface area contributed by atoms with Gasteiger partial charge in [-0.25, -0.2) is 9.78 Å². The molecule has 1 atom stereocenters. The molecule has 2 N–H and O–H groups in total. The standard InChI is InChI=1S/C15H25N3O2S/c1-12(2)8-15(10-19)5-3-7-18(15)14(20)16-6-4-13-9-21-11-17-13/h9,11-12,19H,3-8,10H2,1-2H3,(H,16,20). The molecule has 5 nitrogen and oxygen atoms in total. The predicted molar refractivity (Wildman–Crippen MR) is 84.4 cm³/mol. The summed E-state index contributed by atoms with van der Waals surface area (Å²) in [5.41, 5.74) is 2.44. The van der Waals surface area contributed by atoms with Gasteiger partial charge in [0.05, 0.1) is 23.4 Å². The molecule has 0 saturated carbocycles. The topological polar surface area (TPSA) is 65.5 Å². The van der Waals surface area contributed by atoms with Crippen LogP contribution in [0.2, 0.25) is 0 Å². The zero-order valence-electron chi connectivity index (χ0n) is 12.8. The van der Waals surface area contributed by atoms with E-state index < -0.39 is 0 Å². The first kappa shape index (κ1) is 16.2. The quantitative estimate of drug-likeness (QED) is 0.847. The Morgan fingerprint density at radius 2 is 2.43 bits per heavy atom. The van der Waals surface area contributed by atoms with Gasteiger partial charge in [-0.3, -0.25) is 0 Å². The second-order valence-electron chi connectivity index (χ2n) is 6.20. The van der Waals surface area contributed by atoms with Gasteiger partial charge in [0.15, 0.2) is 0 Å². The van der Waals surface area contributed by atoms with Gasteiger partial charge in [0.2, 0.25) is 0 Å². The van der Waals surface area contributed by atoms with Crippen molar-refractivity contribution < 1.29 is 9.90 Å². The van der Waals surface area contributed by atoms with Gasteiger partial charge in [-0.1, -0.05) is 13.8 Å². The van der Waals surface area contributed by atoms with Gasteiger partial charge in [0, 0.05) is 24.9 Å². The fourth-order valence-electron chi connectivity index (χ4n) is 3.21. The van der Waals surface area contributed by atoms with Crippen LogP contribution in [0.15, 0.2) is 10.9 Å². The zero-order chi connectivity index (χ0) is 15.3. The Bertz CT molecular complexity index is 450. The van der Waals surface area contributed by atoms with Crippen molar-refractivity contribution in [2.24, 2.45) is 5.92 Å². The van der Waals surface area contributed by atoms with E-state index >= 15 is 0 Å². The van der Waals surface area contributed by atoms with E-state index in [1.807, 2.05) is 10.3 Å². The average Bonchev–Trinajstić information content (AvgIpc) is 3.08. The van der Waals surface area contributed by atoms with Gasteiger partial charge >= 0.3 is 6.03 Å². The van der Waals surface area contributed by atoms with Crippen LogP contribution in [-0.4, -0.2) is 46.3 Å². The Kier molecular flexibility index (Phi) is 5.58. The summed E-state index contributed by atoms with van der Waals surface area (Å²) >= 11 is 1.57. The Morgan fingerprint density at radius 1 is 1.62 bits per heavy atom. The molecule has 0 aliphatic carbocycles. The summed E-state index contributed by atoms with van der Waals surface area (Å²) in [6, 6.07) is -0.0579. The first-order valence-corrected chi connectivity index (χ1v) is 8.55. The Balaban J connectivity index is 1.90. The van der Waals surface area contributed by atoms with E-state index in [0.717, 1.165) is 37.9 Å². The molecule has 0 bridgehead atoms. The highest BCUT2D eigenvalue weighted by Crippen LogP contribution is 2.34. The van der Waals surface area contributed by atoms with E-state index in [0.29, 0.717) is 12.5 Å². The van der Waals surface area contributed by atoms with Crippen LogP contribution in [0.5, 0.6) is 0 Å². The van der Waals surface area contributed by atoms with Crippen molar-refractivity contribution in [3.63, 3.8) is 0 Å². The minimum Gasteiger partial charge on any atom is -0.394 e. The van der Waals surface area contributed by atoms with Gasteiger partial charge in [-0.15, -0.1) is 11.3 Å².